The van der Waals surface area contributed by atoms with Crippen LogP contribution in [0.5, 0.6) is 0 Å². The van der Waals surface area contributed by atoms with Crippen LogP contribution in [0.15, 0.2) is 24.3 Å². The number of carboxylic acid groups (broad SMARTS) is 2. The summed E-state index contributed by atoms with van der Waals surface area (Å²) in [5, 5.41) is 20.2. The molecule has 1 rings (SSSR count). The Morgan fingerprint density at radius 1 is 1.22 bits per heavy atom. The Labute approximate surface area is 104 Å². The quantitative estimate of drug-likeness (QED) is 0.587. The van der Waals surface area contributed by atoms with Gasteiger partial charge in [0.25, 0.3) is 0 Å². The lowest BCUT2D eigenvalue weighted by atomic mass is 10.1. The highest BCUT2D eigenvalue weighted by atomic mass is 16.4. The van der Waals surface area contributed by atoms with Gasteiger partial charge in [0.15, 0.2) is 0 Å². The number of hydrogen-bond donors (Lipinski definition) is 4. The zero-order valence-corrected chi connectivity index (χ0v) is 9.96. The molecule has 6 heteroatoms. The van der Waals surface area contributed by atoms with E-state index in [1.54, 1.807) is 24.3 Å². The van der Waals surface area contributed by atoms with E-state index >= 15 is 0 Å². The fourth-order valence-corrected chi connectivity index (χ4v) is 1.39. The van der Waals surface area contributed by atoms with Gasteiger partial charge in [-0.2, -0.15) is 0 Å². The Bertz CT molecular complexity index is 389. The first kappa shape index (κ1) is 14.0. The van der Waals surface area contributed by atoms with E-state index in [1.807, 2.05) is 0 Å². The maximum Gasteiger partial charge on any atom is 0.325 e. The molecule has 0 saturated carbocycles. The normalized spacial score (nSPS) is 13.7. The first-order valence-electron chi connectivity index (χ1n) is 5.47. The molecule has 0 aromatic heterocycles. The second-order valence-electron chi connectivity index (χ2n) is 4.05. The topological polar surface area (TPSA) is 113 Å². The number of carbonyl (C=O) groups is 2. The fourth-order valence-electron chi connectivity index (χ4n) is 1.39. The van der Waals surface area contributed by atoms with Crippen LogP contribution in [-0.2, 0) is 16.0 Å². The molecule has 18 heavy (non-hydrogen) atoms. The SMILES string of the molecule is C[C@H](Nc1ccc(C[C@H](N)C(=O)O)cc1)C(=O)O. The summed E-state index contributed by atoms with van der Waals surface area (Å²) >= 11 is 0. The van der Waals surface area contributed by atoms with E-state index in [0.717, 1.165) is 5.56 Å². The molecule has 0 bridgehead atoms. The number of nitrogens with one attached hydrogen (secondary N) is 1. The average molecular weight is 252 g/mol. The van der Waals surface area contributed by atoms with E-state index in [0.29, 0.717) is 5.69 Å². The zero-order chi connectivity index (χ0) is 13.7. The highest BCUT2D eigenvalue weighted by molar-refractivity contribution is 5.76. The van der Waals surface area contributed by atoms with Gasteiger partial charge in [-0.25, -0.2) is 0 Å². The summed E-state index contributed by atoms with van der Waals surface area (Å²) in [6, 6.07) is 5.23. The number of benzene rings is 1. The summed E-state index contributed by atoms with van der Waals surface area (Å²) in [6.07, 6.45) is 0.240. The third-order valence-electron chi connectivity index (χ3n) is 2.48. The van der Waals surface area contributed by atoms with Gasteiger partial charge in [-0.1, -0.05) is 12.1 Å². The van der Waals surface area contributed by atoms with Crippen molar-refractivity contribution in [1.82, 2.24) is 0 Å². The molecule has 0 heterocycles. The lowest BCUT2D eigenvalue weighted by molar-refractivity contribution is -0.139. The summed E-state index contributed by atoms with van der Waals surface area (Å²) < 4.78 is 0. The number of anilines is 1. The maximum atomic E-state index is 10.6. The van der Waals surface area contributed by atoms with Crippen molar-refractivity contribution < 1.29 is 19.8 Å². The molecule has 0 aliphatic rings. The first-order chi connectivity index (χ1) is 8.40. The van der Waals surface area contributed by atoms with Crippen molar-refractivity contribution in [2.75, 3.05) is 5.32 Å². The zero-order valence-electron chi connectivity index (χ0n) is 9.96. The van der Waals surface area contributed by atoms with Crippen LogP contribution in [0.3, 0.4) is 0 Å². The molecule has 2 atom stereocenters. The Morgan fingerprint density at radius 2 is 1.78 bits per heavy atom. The highest BCUT2D eigenvalue weighted by Gasteiger charge is 2.13. The lowest BCUT2D eigenvalue weighted by Crippen LogP contribution is -2.32. The Hall–Kier alpha value is -2.08. The summed E-state index contributed by atoms with van der Waals surface area (Å²) in [5.74, 6) is -1.98. The van der Waals surface area contributed by atoms with Gasteiger partial charge in [0, 0.05) is 5.69 Å². The first-order valence-corrected chi connectivity index (χ1v) is 5.47. The molecule has 0 saturated heterocycles. The van der Waals surface area contributed by atoms with Crippen LogP contribution in [0.2, 0.25) is 0 Å². The standard InChI is InChI=1S/C12H16N2O4/c1-7(11(15)16)14-9-4-2-8(3-5-9)6-10(13)12(17)18/h2-5,7,10,14H,6,13H2,1H3,(H,15,16)(H,17,18)/t7-,10-/m0/s1. The molecule has 1 aromatic rings. The Morgan fingerprint density at radius 3 is 2.22 bits per heavy atom. The minimum Gasteiger partial charge on any atom is -0.480 e. The van der Waals surface area contributed by atoms with Crippen molar-refractivity contribution in [3.8, 4) is 0 Å². The van der Waals surface area contributed by atoms with Crippen LogP contribution in [0, 0.1) is 0 Å². The molecule has 0 aliphatic heterocycles. The van der Waals surface area contributed by atoms with Crippen LogP contribution in [-0.4, -0.2) is 34.2 Å². The largest absolute Gasteiger partial charge is 0.480 e. The van der Waals surface area contributed by atoms with E-state index < -0.39 is 24.0 Å². The van der Waals surface area contributed by atoms with E-state index in [4.69, 9.17) is 15.9 Å². The van der Waals surface area contributed by atoms with Gasteiger partial charge >= 0.3 is 11.9 Å². The van der Waals surface area contributed by atoms with Crippen LogP contribution >= 0.6 is 0 Å². The van der Waals surface area contributed by atoms with E-state index in [-0.39, 0.29) is 6.42 Å². The monoisotopic (exact) mass is 252 g/mol. The number of hydrogen-bond acceptors (Lipinski definition) is 4. The minimum atomic E-state index is -1.04. The van der Waals surface area contributed by atoms with Gasteiger partial charge in [-0.3, -0.25) is 9.59 Å². The molecule has 6 nitrogen and oxygen atoms in total. The van der Waals surface area contributed by atoms with Crippen LogP contribution in [0.1, 0.15) is 12.5 Å². The van der Waals surface area contributed by atoms with Crippen LogP contribution in [0.4, 0.5) is 5.69 Å². The van der Waals surface area contributed by atoms with Gasteiger partial charge in [-0.05, 0) is 31.0 Å². The predicted molar refractivity (Wildman–Crippen MR) is 66.5 cm³/mol. The summed E-state index contributed by atoms with van der Waals surface area (Å²) in [6.45, 7) is 1.54. The number of aliphatic carboxylic acids is 2. The van der Waals surface area contributed by atoms with E-state index in [9.17, 15) is 9.59 Å². The number of rotatable bonds is 6. The smallest absolute Gasteiger partial charge is 0.325 e. The average Bonchev–Trinajstić information content (AvgIpc) is 2.31. The minimum absolute atomic E-state index is 0.240. The van der Waals surface area contributed by atoms with Gasteiger partial charge in [-0.15, -0.1) is 0 Å². The summed E-state index contributed by atoms with van der Waals surface area (Å²) in [5.41, 5.74) is 6.87. The van der Waals surface area contributed by atoms with E-state index in [2.05, 4.69) is 5.32 Å². The van der Waals surface area contributed by atoms with Crippen molar-refractivity contribution >= 4 is 17.6 Å². The molecule has 0 unspecified atom stereocenters. The summed E-state index contributed by atoms with van der Waals surface area (Å²) in [7, 11) is 0. The fraction of sp³-hybridized carbons (Fsp3) is 0.333. The maximum absolute atomic E-state index is 10.6. The van der Waals surface area contributed by atoms with Gasteiger partial charge in [0.1, 0.15) is 12.1 Å². The summed E-state index contributed by atoms with van der Waals surface area (Å²) in [4.78, 5) is 21.2. The molecule has 5 N–H and O–H groups in total. The van der Waals surface area contributed by atoms with Crippen LogP contribution in [0.25, 0.3) is 0 Å². The third kappa shape index (κ3) is 4.06. The highest BCUT2D eigenvalue weighted by Crippen LogP contribution is 2.12. The molecular weight excluding hydrogens is 236 g/mol. The predicted octanol–water partition coefficient (Wildman–Crippen LogP) is 0.526. The van der Waals surface area contributed by atoms with E-state index in [1.165, 1.54) is 6.92 Å². The molecule has 1 aromatic carbocycles. The third-order valence-corrected chi connectivity index (χ3v) is 2.48. The van der Waals surface area contributed by atoms with Crippen molar-refractivity contribution in [3.05, 3.63) is 29.8 Å². The molecule has 0 fully saturated rings. The molecule has 0 aliphatic carbocycles. The molecular formula is C12H16N2O4. The molecule has 0 radical (unpaired) electrons. The van der Waals surface area contributed by atoms with Crippen LogP contribution < -0.4 is 11.1 Å². The second-order valence-corrected chi connectivity index (χ2v) is 4.05. The van der Waals surface area contributed by atoms with Gasteiger partial charge in [0.2, 0.25) is 0 Å². The van der Waals surface area contributed by atoms with Gasteiger partial charge in [0.05, 0.1) is 0 Å². The number of nitrogens with two attached hydrogens (primary N) is 1. The number of carboxylic acids is 2. The van der Waals surface area contributed by atoms with Gasteiger partial charge < -0.3 is 21.3 Å². The molecule has 0 amide bonds. The Balaban J connectivity index is 2.63. The second kappa shape index (κ2) is 6.02. The van der Waals surface area contributed by atoms with Crippen molar-refractivity contribution in [2.45, 2.75) is 25.4 Å². The van der Waals surface area contributed by atoms with Crippen molar-refractivity contribution in [3.63, 3.8) is 0 Å². The Kier molecular flexibility index (Phi) is 4.67. The van der Waals surface area contributed by atoms with Crippen molar-refractivity contribution in [1.29, 1.82) is 0 Å². The lowest BCUT2D eigenvalue weighted by Gasteiger charge is -2.12. The molecule has 98 valence electrons. The molecule has 0 spiro atoms. The van der Waals surface area contributed by atoms with Crippen molar-refractivity contribution in [2.24, 2.45) is 5.73 Å².